The molecule has 0 bridgehead atoms. The molecule has 0 N–H and O–H groups in total. The fourth-order valence-corrected chi connectivity index (χ4v) is 11.3. The van der Waals surface area contributed by atoms with Gasteiger partial charge in [0.15, 0.2) is 5.79 Å². The van der Waals surface area contributed by atoms with E-state index in [9.17, 15) is 14.4 Å². The molecule has 0 amide bonds. The quantitative estimate of drug-likeness (QED) is 0.324. The minimum Gasteiger partial charge on any atom is -0.462 e. The zero-order valence-corrected chi connectivity index (χ0v) is 26.0. The highest BCUT2D eigenvalue weighted by atomic mass is 16.7. The smallest absolute Gasteiger partial charge is 0.303 e. The molecule has 2 saturated heterocycles. The number of hydrogen-bond donors (Lipinski definition) is 0. The van der Waals surface area contributed by atoms with Crippen molar-refractivity contribution in [3.8, 4) is 0 Å². The predicted molar refractivity (Wildman–Crippen MR) is 149 cm³/mol. The molecule has 6 rings (SSSR count). The minimum absolute atomic E-state index is 0.0325. The number of carbonyl (C=O) groups is 3. The van der Waals surface area contributed by atoms with Crippen LogP contribution in [0.3, 0.4) is 0 Å². The van der Waals surface area contributed by atoms with Crippen molar-refractivity contribution in [3.63, 3.8) is 0 Å². The van der Waals surface area contributed by atoms with Crippen molar-refractivity contribution in [2.45, 2.75) is 130 Å². The molecule has 0 aromatic heterocycles. The lowest BCUT2D eigenvalue weighted by atomic mass is 9.43. The van der Waals surface area contributed by atoms with E-state index >= 15 is 0 Å². The molecule has 230 valence electrons. The molecule has 2 aliphatic heterocycles. The Hall–Kier alpha value is -1.67. The number of carbonyl (C=O) groups excluding carboxylic acids is 3. The van der Waals surface area contributed by atoms with E-state index in [0.29, 0.717) is 48.3 Å². The first-order valence-corrected chi connectivity index (χ1v) is 16.1. The van der Waals surface area contributed by atoms with Crippen molar-refractivity contribution in [1.82, 2.24) is 0 Å². The van der Waals surface area contributed by atoms with E-state index in [1.165, 1.54) is 20.8 Å². The summed E-state index contributed by atoms with van der Waals surface area (Å²) in [5.74, 6) is 1.20. The molecule has 8 heteroatoms. The van der Waals surface area contributed by atoms with Crippen molar-refractivity contribution in [2.75, 3.05) is 6.61 Å². The number of rotatable bonds is 3. The molecule has 0 aromatic rings. The van der Waals surface area contributed by atoms with Crippen LogP contribution >= 0.6 is 0 Å². The van der Waals surface area contributed by atoms with Gasteiger partial charge in [-0.2, -0.15) is 0 Å². The lowest BCUT2D eigenvalue weighted by Crippen LogP contribution is -2.62. The van der Waals surface area contributed by atoms with Gasteiger partial charge >= 0.3 is 17.9 Å². The molecule has 4 aliphatic carbocycles. The van der Waals surface area contributed by atoms with Gasteiger partial charge in [0.05, 0.1) is 12.7 Å². The lowest BCUT2D eigenvalue weighted by molar-refractivity contribution is -0.274. The van der Waals surface area contributed by atoms with Gasteiger partial charge in [-0.05, 0) is 85.4 Å². The largest absolute Gasteiger partial charge is 0.462 e. The van der Waals surface area contributed by atoms with Gasteiger partial charge in [0.2, 0.25) is 0 Å². The molecule has 41 heavy (non-hydrogen) atoms. The highest BCUT2D eigenvalue weighted by molar-refractivity contribution is 5.67. The third-order valence-corrected chi connectivity index (χ3v) is 12.8. The topological polar surface area (TPSA) is 97.4 Å². The Balaban J connectivity index is 1.31. The summed E-state index contributed by atoms with van der Waals surface area (Å²) >= 11 is 0. The molecule has 6 fully saturated rings. The standard InChI is InChI=1S/C33H50O8/c1-17-8-11-33(37-16-17)18(2)30-28(41-33)13-24-22-12-26(38-19(3)34)25-14-27(39-20(4)35)29(40-21(5)36)15-32(25,7)23(22)9-10-31(24,30)6/h17-18,22-30H,8-16H2,1-7H3/t17-,18-,22+,23-,24-,25+,26+,27-,28-,29+,30-,31-,32+,33+/m0/s1. The molecule has 6 aliphatic rings. The molecule has 0 unspecified atom stereocenters. The molecule has 8 nitrogen and oxygen atoms in total. The summed E-state index contributed by atoms with van der Waals surface area (Å²) in [6, 6.07) is 0. The Morgan fingerprint density at radius 1 is 0.732 bits per heavy atom. The molecule has 2 heterocycles. The lowest BCUT2D eigenvalue weighted by Gasteiger charge is -2.63. The van der Waals surface area contributed by atoms with Gasteiger partial charge in [-0.25, -0.2) is 0 Å². The monoisotopic (exact) mass is 574 g/mol. The number of hydrogen-bond acceptors (Lipinski definition) is 8. The van der Waals surface area contributed by atoms with E-state index in [1.807, 2.05) is 0 Å². The Morgan fingerprint density at radius 2 is 1.39 bits per heavy atom. The third-order valence-electron chi connectivity index (χ3n) is 12.8. The summed E-state index contributed by atoms with van der Waals surface area (Å²) in [7, 11) is 0. The summed E-state index contributed by atoms with van der Waals surface area (Å²) < 4.78 is 31.0. The summed E-state index contributed by atoms with van der Waals surface area (Å²) in [6.45, 7) is 14.5. The first-order chi connectivity index (χ1) is 19.3. The Kier molecular flexibility index (Phi) is 7.32. The van der Waals surface area contributed by atoms with Crippen molar-refractivity contribution >= 4 is 17.9 Å². The van der Waals surface area contributed by atoms with E-state index in [4.69, 9.17) is 23.7 Å². The van der Waals surface area contributed by atoms with E-state index < -0.39 is 18.0 Å². The summed E-state index contributed by atoms with van der Waals surface area (Å²) in [5, 5.41) is 0. The number of fused-ring (bicyclic) bond motifs is 7. The predicted octanol–water partition coefficient (Wildman–Crippen LogP) is 5.45. The summed E-state index contributed by atoms with van der Waals surface area (Å²) in [4.78, 5) is 36.5. The average Bonchev–Trinajstić information content (AvgIpc) is 3.31. The molecular formula is C33H50O8. The maximum atomic E-state index is 12.4. The molecule has 0 aromatic carbocycles. The van der Waals surface area contributed by atoms with Gasteiger partial charge in [0, 0.05) is 39.0 Å². The van der Waals surface area contributed by atoms with Gasteiger partial charge in [0.25, 0.3) is 0 Å². The Bertz CT molecular complexity index is 1070. The van der Waals surface area contributed by atoms with Crippen molar-refractivity contribution in [3.05, 3.63) is 0 Å². The maximum absolute atomic E-state index is 12.4. The van der Waals surface area contributed by atoms with E-state index in [1.54, 1.807) is 0 Å². The highest BCUT2D eigenvalue weighted by Gasteiger charge is 2.70. The molecular weight excluding hydrogens is 524 g/mol. The molecule has 4 saturated carbocycles. The van der Waals surface area contributed by atoms with Gasteiger partial charge in [-0.1, -0.05) is 27.7 Å². The molecule has 1 spiro atoms. The average molecular weight is 575 g/mol. The summed E-state index contributed by atoms with van der Waals surface area (Å²) in [6.07, 6.45) is 6.22. The van der Waals surface area contributed by atoms with Gasteiger partial charge in [0.1, 0.15) is 18.3 Å². The van der Waals surface area contributed by atoms with Crippen LogP contribution in [0.25, 0.3) is 0 Å². The second-order valence-electron chi connectivity index (χ2n) is 15.1. The Morgan fingerprint density at radius 3 is 2.02 bits per heavy atom. The van der Waals surface area contributed by atoms with Crippen molar-refractivity contribution in [1.29, 1.82) is 0 Å². The molecule has 14 atom stereocenters. The van der Waals surface area contributed by atoms with Crippen LogP contribution in [-0.2, 0) is 38.1 Å². The highest BCUT2D eigenvalue weighted by Crippen LogP contribution is 2.71. The van der Waals surface area contributed by atoms with Crippen LogP contribution in [0.5, 0.6) is 0 Å². The van der Waals surface area contributed by atoms with Crippen LogP contribution in [0.4, 0.5) is 0 Å². The molecule has 0 radical (unpaired) electrons. The van der Waals surface area contributed by atoms with Crippen LogP contribution in [0, 0.1) is 52.3 Å². The van der Waals surface area contributed by atoms with Crippen LogP contribution in [0.2, 0.25) is 0 Å². The van der Waals surface area contributed by atoms with E-state index in [-0.39, 0.29) is 46.9 Å². The van der Waals surface area contributed by atoms with E-state index in [0.717, 1.165) is 45.1 Å². The zero-order valence-electron chi connectivity index (χ0n) is 26.0. The van der Waals surface area contributed by atoms with Gasteiger partial charge < -0.3 is 23.7 Å². The van der Waals surface area contributed by atoms with E-state index in [2.05, 4.69) is 27.7 Å². The Labute approximate surface area is 244 Å². The van der Waals surface area contributed by atoms with Crippen molar-refractivity contribution in [2.24, 2.45) is 52.3 Å². The van der Waals surface area contributed by atoms with Crippen LogP contribution < -0.4 is 0 Å². The third kappa shape index (κ3) is 4.65. The fourth-order valence-electron chi connectivity index (χ4n) is 11.3. The van der Waals surface area contributed by atoms with Crippen LogP contribution in [-0.4, -0.2) is 54.7 Å². The first kappa shape index (κ1) is 29.4. The maximum Gasteiger partial charge on any atom is 0.303 e. The second-order valence-corrected chi connectivity index (χ2v) is 15.1. The van der Waals surface area contributed by atoms with Gasteiger partial charge in [-0.15, -0.1) is 0 Å². The van der Waals surface area contributed by atoms with Crippen LogP contribution in [0.15, 0.2) is 0 Å². The zero-order chi connectivity index (χ0) is 29.5. The number of esters is 3. The van der Waals surface area contributed by atoms with Gasteiger partial charge in [-0.3, -0.25) is 14.4 Å². The second kappa shape index (κ2) is 10.2. The normalized spacial score (nSPS) is 52.0. The fraction of sp³-hybridized carbons (Fsp3) is 0.909. The van der Waals surface area contributed by atoms with Crippen molar-refractivity contribution < 1.29 is 38.1 Å². The SMILES string of the molecule is CC(=O)O[C@H]1C[C@@H]2[C@H](OC(C)=O)C[C@@H]3[C@H](CC[C@]4(C)[C@@H]5[C@H](C[C@@H]34)O[C@]3(CC[C@H](C)CO3)[C@H]5C)[C@@]2(C)C[C@H]1OC(C)=O. The summed E-state index contributed by atoms with van der Waals surface area (Å²) in [5.41, 5.74) is -0.0789. The first-order valence-electron chi connectivity index (χ1n) is 16.1. The van der Waals surface area contributed by atoms with Crippen LogP contribution in [0.1, 0.15) is 99.8 Å². The number of ether oxygens (including phenoxy) is 5. The minimum atomic E-state index is -0.535.